The summed E-state index contributed by atoms with van der Waals surface area (Å²) in [5.74, 6) is -0.0422. The van der Waals surface area contributed by atoms with Gasteiger partial charge in [0, 0.05) is 18.8 Å². The molecule has 0 aliphatic carbocycles. The van der Waals surface area contributed by atoms with Crippen molar-refractivity contribution in [3.8, 4) is 0 Å². The molecule has 1 aliphatic heterocycles. The highest BCUT2D eigenvalue weighted by Crippen LogP contribution is 2.22. The van der Waals surface area contributed by atoms with Gasteiger partial charge in [-0.25, -0.2) is 4.79 Å². The van der Waals surface area contributed by atoms with Crippen molar-refractivity contribution in [2.75, 3.05) is 13.1 Å². The van der Waals surface area contributed by atoms with Gasteiger partial charge in [0.15, 0.2) is 0 Å². The Morgan fingerprint density at radius 3 is 2.86 bits per heavy atom. The predicted molar refractivity (Wildman–Crippen MR) is 79.4 cm³/mol. The summed E-state index contributed by atoms with van der Waals surface area (Å²) < 4.78 is 7.23. The zero-order valence-electron chi connectivity index (χ0n) is 13.0. The second kappa shape index (κ2) is 5.79. The van der Waals surface area contributed by atoms with Gasteiger partial charge in [0.1, 0.15) is 11.3 Å². The number of carbonyl (C=O) groups excluding carboxylic acids is 2. The zero-order chi connectivity index (χ0) is 15.6. The van der Waals surface area contributed by atoms with Crippen molar-refractivity contribution >= 4 is 12.0 Å². The predicted octanol–water partition coefficient (Wildman–Crippen LogP) is 2.00. The SMILES string of the molecule is Cc1ccc2n1C(CCNC(=O)OC(C)(C)C)CNC2=O. The molecule has 6 heteroatoms. The number of hydrogen-bond donors (Lipinski definition) is 2. The number of fused-ring (bicyclic) bond motifs is 1. The normalized spacial score (nSPS) is 17.9. The van der Waals surface area contributed by atoms with E-state index < -0.39 is 11.7 Å². The van der Waals surface area contributed by atoms with Crippen LogP contribution in [0.15, 0.2) is 12.1 Å². The summed E-state index contributed by atoms with van der Waals surface area (Å²) in [5.41, 5.74) is 1.25. The van der Waals surface area contributed by atoms with Gasteiger partial charge < -0.3 is 19.9 Å². The molecule has 2 rings (SSSR count). The fourth-order valence-electron chi connectivity index (χ4n) is 2.50. The lowest BCUT2D eigenvalue weighted by atomic mass is 10.1. The molecule has 1 aliphatic rings. The van der Waals surface area contributed by atoms with Gasteiger partial charge in [0.2, 0.25) is 0 Å². The third kappa shape index (κ3) is 3.77. The highest BCUT2D eigenvalue weighted by molar-refractivity contribution is 5.93. The number of hydrogen-bond acceptors (Lipinski definition) is 3. The molecule has 2 heterocycles. The molecule has 0 saturated heterocycles. The number of alkyl carbamates (subject to hydrolysis) is 1. The minimum absolute atomic E-state index is 0.0422. The summed E-state index contributed by atoms with van der Waals surface area (Å²) in [4.78, 5) is 23.4. The second-order valence-electron chi connectivity index (χ2n) is 6.31. The first-order valence-electron chi connectivity index (χ1n) is 7.21. The van der Waals surface area contributed by atoms with Gasteiger partial charge in [-0.1, -0.05) is 0 Å². The van der Waals surface area contributed by atoms with Crippen LogP contribution in [-0.2, 0) is 4.74 Å². The number of aryl methyl sites for hydroxylation is 1. The van der Waals surface area contributed by atoms with Crippen molar-refractivity contribution < 1.29 is 14.3 Å². The first-order chi connectivity index (χ1) is 9.78. The Morgan fingerprint density at radius 2 is 2.19 bits per heavy atom. The van der Waals surface area contributed by atoms with Gasteiger partial charge in [-0.15, -0.1) is 0 Å². The molecule has 0 aromatic carbocycles. The molecule has 0 saturated carbocycles. The minimum atomic E-state index is -0.493. The molecule has 21 heavy (non-hydrogen) atoms. The molecule has 6 nitrogen and oxygen atoms in total. The highest BCUT2D eigenvalue weighted by atomic mass is 16.6. The van der Waals surface area contributed by atoms with E-state index in [2.05, 4.69) is 10.6 Å². The standard InChI is InChI=1S/C15H23N3O3/c1-10-5-6-12-13(19)17-9-11(18(10)12)7-8-16-14(20)21-15(2,3)4/h5-6,11H,7-9H2,1-4H3,(H,16,20)(H,17,19). The Morgan fingerprint density at radius 1 is 1.48 bits per heavy atom. The van der Waals surface area contributed by atoms with Crippen LogP contribution < -0.4 is 10.6 Å². The van der Waals surface area contributed by atoms with E-state index in [1.54, 1.807) is 0 Å². The van der Waals surface area contributed by atoms with Crippen molar-refractivity contribution in [3.05, 3.63) is 23.5 Å². The van der Waals surface area contributed by atoms with Crippen LogP contribution in [0.2, 0.25) is 0 Å². The molecular weight excluding hydrogens is 270 g/mol. The number of nitrogens with zero attached hydrogens (tertiary/aromatic N) is 1. The Balaban J connectivity index is 1.90. The van der Waals surface area contributed by atoms with Crippen molar-refractivity contribution in [1.82, 2.24) is 15.2 Å². The Kier molecular flexibility index (Phi) is 4.25. The molecular formula is C15H23N3O3. The monoisotopic (exact) mass is 293 g/mol. The van der Waals surface area contributed by atoms with E-state index in [9.17, 15) is 9.59 Å². The average Bonchev–Trinajstić information content (AvgIpc) is 2.73. The van der Waals surface area contributed by atoms with Crippen molar-refractivity contribution in [2.45, 2.75) is 45.8 Å². The van der Waals surface area contributed by atoms with E-state index in [-0.39, 0.29) is 11.9 Å². The second-order valence-corrected chi connectivity index (χ2v) is 6.31. The van der Waals surface area contributed by atoms with Crippen LogP contribution in [0.3, 0.4) is 0 Å². The van der Waals surface area contributed by atoms with E-state index >= 15 is 0 Å². The molecule has 2 N–H and O–H groups in total. The van der Waals surface area contributed by atoms with Gasteiger partial charge >= 0.3 is 6.09 Å². The molecule has 0 spiro atoms. The molecule has 1 atom stereocenters. The molecule has 0 radical (unpaired) electrons. The van der Waals surface area contributed by atoms with Crippen LogP contribution in [0.1, 0.15) is 49.4 Å². The summed E-state index contributed by atoms with van der Waals surface area (Å²) >= 11 is 0. The lowest BCUT2D eigenvalue weighted by molar-refractivity contribution is 0.0523. The van der Waals surface area contributed by atoms with Crippen LogP contribution >= 0.6 is 0 Å². The lowest BCUT2D eigenvalue weighted by Crippen LogP contribution is -2.41. The van der Waals surface area contributed by atoms with Gasteiger partial charge in [0.05, 0.1) is 6.04 Å². The smallest absolute Gasteiger partial charge is 0.407 e. The van der Waals surface area contributed by atoms with E-state index in [0.29, 0.717) is 18.8 Å². The number of nitrogens with one attached hydrogen (secondary N) is 2. The van der Waals surface area contributed by atoms with Gasteiger partial charge in [-0.3, -0.25) is 4.79 Å². The quantitative estimate of drug-likeness (QED) is 0.895. The van der Waals surface area contributed by atoms with Crippen LogP contribution in [0.4, 0.5) is 4.79 Å². The van der Waals surface area contributed by atoms with E-state index in [4.69, 9.17) is 4.74 Å². The molecule has 0 fully saturated rings. The largest absolute Gasteiger partial charge is 0.444 e. The average molecular weight is 293 g/mol. The summed E-state index contributed by atoms with van der Waals surface area (Å²) in [6.07, 6.45) is 0.328. The lowest BCUT2D eigenvalue weighted by Gasteiger charge is -2.28. The fourth-order valence-corrected chi connectivity index (χ4v) is 2.50. The van der Waals surface area contributed by atoms with E-state index in [1.807, 2.05) is 44.4 Å². The molecule has 2 amide bonds. The topological polar surface area (TPSA) is 72.4 Å². The van der Waals surface area contributed by atoms with Crippen LogP contribution in [0.5, 0.6) is 0 Å². The molecule has 0 bridgehead atoms. The molecule has 1 aromatic heterocycles. The Labute approximate surface area is 124 Å². The van der Waals surface area contributed by atoms with Crippen molar-refractivity contribution in [2.24, 2.45) is 0 Å². The van der Waals surface area contributed by atoms with Crippen LogP contribution in [0, 0.1) is 6.92 Å². The number of amides is 2. The first-order valence-corrected chi connectivity index (χ1v) is 7.21. The molecule has 1 aromatic rings. The summed E-state index contributed by atoms with van der Waals surface area (Å²) in [5, 5.41) is 5.63. The maximum atomic E-state index is 11.8. The first kappa shape index (κ1) is 15.4. The third-order valence-corrected chi connectivity index (χ3v) is 3.36. The zero-order valence-corrected chi connectivity index (χ0v) is 13.0. The number of ether oxygens (including phenoxy) is 1. The van der Waals surface area contributed by atoms with Gasteiger partial charge in [-0.2, -0.15) is 0 Å². The highest BCUT2D eigenvalue weighted by Gasteiger charge is 2.25. The molecule has 1 unspecified atom stereocenters. The van der Waals surface area contributed by atoms with E-state index in [0.717, 1.165) is 12.1 Å². The maximum absolute atomic E-state index is 11.8. The van der Waals surface area contributed by atoms with Crippen LogP contribution in [-0.4, -0.2) is 35.3 Å². The number of carbonyl (C=O) groups is 2. The summed E-state index contributed by atoms with van der Waals surface area (Å²) in [6, 6.07) is 3.93. The van der Waals surface area contributed by atoms with Gasteiger partial charge in [-0.05, 0) is 46.2 Å². The van der Waals surface area contributed by atoms with Crippen LogP contribution in [0.25, 0.3) is 0 Å². The summed E-state index contributed by atoms with van der Waals surface area (Å²) in [7, 11) is 0. The number of rotatable bonds is 3. The fraction of sp³-hybridized carbons (Fsp3) is 0.600. The third-order valence-electron chi connectivity index (χ3n) is 3.36. The summed E-state index contributed by atoms with van der Waals surface area (Å²) in [6.45, 7) is 8.57. The van der Waals surface area contributed by atoms with Crippen molar-refractivity contribution in [3.63, 3.8) is 0 Å². The number of aromatic nitrogens is 1. The van der Waals surface area contributed by atoms with E-state index in [1.165, 1.54) is 0 Å². The molecule has 116 valence electrons. The minimum Gasteiger partial charge on any atom is -0.444 e. The van der Waals surface area contributed by atoms with Crippen molar-refractivity contribution in [1.29, 1.82) is 0 Å². The maximum Gasteiger partial charge on any atom is 0.407 e. The van der Waals surface area contributed by atoms with Gasteiger partial charge in [0.25, 0.3) is 5.91 Å². The Hall–Kier alpha value is -1.98. The Bertz CT molecular complexity index is 543.